The molecule has 0 spiro atoms. The molecular formula is C24H39N3O2. The van der Waals surface area contributed by atoms with Gasteiger partial charge in [-0.25, -0.2) is 4.79 Å². The summed E-state index contributed by atoms with van der Waals surface area (Å²) in [5, 5.41) is 0. The highest BCUT2D eigenvalue weighted by Gasteiger charge is 2.34. The van der Waals surface area contributed by atoms with Gasteiger partial charge in [0, 0.05) is 31.4 Å². The first kappa shape index (κ1) is 21.9. The molecule has 2 atom stereocenters. The van der Waals surface area contributed by atoms with Gasteiger partial charge in [-0.3, -0.25) is 0 Å². The predicted molar refractivity (Wildman–Crippen MR) is 119 cm³/mol. The summed E-state index contributed by atoms with van der Waals surface area (Å²) in [6.45, 7) is 11.0. The Morgan fingerprint density at radius 2 is 1.79 bits per heavy atom. The average Bonchev–Trinajstić information content (AvgIpc) is 2.67. The van der Waals surface area contributed by atoms with E-state index in [1.165, 1.54) is 24.1 Å². The van der Waals surface area contributed by atoms with Crippen LogP contribution in [0.1, 0.15) is 65.0 Å². The minimum Gasteiger partial charge on any atom is -0.444 e. The second-order valence-electron chi connectivity index (χ2n) is 10.1. The number of carbonyl (C=O) groups is 1. The molecule has 0 aromatic heterocycles. The molecule has 1 aromatic carbocycles. The van der Waals surface area contributed by atoms with Gasteiger partial charge < -0.3 is 19.4 Å². The summed E-state index contributed by atoms with van der Waals surface area (Å²) in [6, 6.07) is 9.61. The highest BCUT2D eigenvalue weighted by Crippen LogP contribution is 2.36. The lowest BCUT2D eigenvalue weighted by Gasteiger charge is -2.40. The molecule has 2 heterocycles. The second kappa shape index (κ2) is 8.95. The van der Waals surface area contributed by atoms with E-state index in [2.05, 4.69) is 55.1 Å². The molecule has 2 aliphatic heterocycles. The van der Waals surface area contributed by atoms with Crippen molar-refractivity contribution in [2.45, 2.75) is 71.1 Å². The SMILES string of the molecule is C[C@H]1CC[C@@H](c2cccc(N3CCC(N(C)C)CC3)c2)N(C(=O)OC(C)(C)C)C1. The normalized spacial score (nSPS) is 24.1. The van der Waals surface area contributed by atoms with Crippen LogP contribution in [0.15, 0.2) is 24.3 Å². The zero-order valence-electron chi connectivity index (χ0n) is 19.1. The van der Waals surface area contributed by atoms with Crippen molar-refractivity contribution in [1.82, 2.24) is 9.80 Å². The van der Waals surface area contributed by atoms with Gasteiger partial charge in [0.25, 0.3) is 0 Å². The monoisotopic (exact) mass is 401 g/mol. The highest BCUT2D eigenvalue weighted by molar-refractivity contribution is 5.69. The van der Waals surface area contributed by atoms with Crippen LogP contribution in [0.3, 0.4) is 0 Å². The van der Waals surface area contributed by atoms with Gasteiger partial charge in [0.1, 0.15) is 5.60 Å². The molecule has 0 bridgehead atoms. The Kier molecular flexibility index (Phi) is 6.77. The Balaban J connectivity index is 1.76. The maximum absolute atomic E-state index is 12.9. The number of nitrogens with zero attached hydrogens (tertiary/aromatic N) is 3. The van der Waals surface area contributed by atoms with Gasteiger partial charge in [-0.1, -0.05) is 19.1 Å². The van der Waals surface area contributed by atoms with Crippen molar-refractivity contribution < 1.29 is 9.53 Å². The molecule has 0 unspecified atom stereocenters. The van der Waals surface area contributed by atoms with Crippen LogP contribution in [-0.4, -0.2) is 61.3 Å². The number of carbonyl (C=O) groups excluding carboxylic acids is 1. The van der Waals surface area contributed by atoms with E-state index >= 15 is 0 Å². The van der Waals surface area contributed by atoms with Crippen LogP contribution in [0.4, 0.5) is 10.5 Å². The van der Waals surface area contributed by atoms with Crippen molar-refractivity contribution in [2.24, 2.45) is 5.92 Å². The molecule has 3 rings (SSSR count). The van der Waals surface area contributed by atoms with Gasteiger partial charge in [-0.2, -0.15) is 0 Å². The molecular weight excluding hydrogens is 362 g/mol. The van der Waals surface area contributed by atoms with Crippen LogP contribution in [0.2, 0.25) is 0 Å². The molecule has 5 nitrogen and oxygen atoms in total. The third-order valence-corrected chi connectivity index (χ3v) is 6.26. The van der Waals surface area contributed by atoms with E-state index in [9.17, 15) is 4.79 Å². The van der Waals surface area contributed by atoms with Gasteiger partial charge in [-0.15, -0.1) is 0 Å². The fourth-order valence-electron chi connectivity index (χ4n) is 4.59. The summed E-state index contributed by atoms with van der Waals surface area (Å²) in [6.07, 6.45) is 4.34. The van der Waals surface area contributed by atoms with Crippen LogP contribution in [0, 0.1) is 5.92 Å². The molecule has 0 radical (unpaired) electrons. The minimum atomic E-state index is -0.471. The number of amides is 1. The molecule has 1 amide bonds. The molecule has 2 fully saturated rings. The van der Waals surface area contributed by atoms with E-state index in [0.717, 1.165) is 32.5 Å². The van der Waals surface area contributed by atoms with E-state index in [1.54, 1.807) is 0 Å². The molecule has 5 heteroatoms. The summed E-state index contributed by atoms with van der Waals surface area (Å²) in [7, 11) is 4.35. The maximum atomic E-state index is 12.9. The Morgan fingerprint density at radius 1 is 1.10 bits per heavy atom. The van der Waals surface area contributed by atoms with Crippen LogP contribution in [-0.2, 0) is 4.74 Å². The standard InChI is InChI=1S/C24H39N3O2/c1-18-10-11-22(27(17-18)23(28)29-24(2,3)4)19-8-7-9-21(16-19)26-14-12-20(13-15-26)25(5)6/h7-9,16,18,20,22H,10-15,17H2,1-6H3/t18-,22-/m0/s1. The zero-order chi connectivity index (χ0) is 21.2. The first-order valence-corrected chi connectivity index (χ1v) is 11.1. The number of rotatable bonds is 3. The second-order valence-corrected chi connectivity index (χ2v) is 10.1. The number of anilines is 1. The van der Waals surface area contributed by atoms with E-state index in [0.29, 0.717) is 12.0 Å². The topological polar surface area (TPSA) is 36.0 Å². The quantitative estimate of drug-likeness (QED) is 0.720. The van der Waals surface area contributed by atoms with Crippen molar-refractivity contribution in [3.63, 3.8) is 0 Å². The van der Waals surface area contributed by atoms with Crippen molar-refractivity contribution in [2.75, 3.05) is 38.6 Å². The fourth-order valence-corrected chi connectivity index (χ4v) is 4.59. The summed E-state index contributed by atoms with van der Waals surface area (Å²) < 4.78 is 5.73. The first-order valence-electron chi connectivity index (χ1n) is 11.1. The Hall–Kier alpha value is -1.75. The van der Waals surface area contributed by atoms with Gasteiger partial charge in [0.05, 0.1) is 6.04 Å². The lowest BCUT2D eigenvalue weighted by atomic mass is 9.90. The predicted octanol–water partition coefficient (Wildman–Crippen LogP) is 4.93. The van der Waals surface area contributed by atoms with E-state index in [-0.39, 0.29) is 12.1 Å². The van der Waals surface area contributed by atoms with E-state index in [4.69, 9.17) is 4.74 Å². The Morgan fingerprint density at radius 3 is 2.41 bits per heavy atom. The highest BCUT2D eigenvalue weighted by atomic mass is 16.6. The van der Waals surface area contributed by atoms with Crippen molar-refractivity contribution >= 4 is 11.8 Å². The van der Waals surface area contributed by atoms with Crippen molar-refractivity contribution in [3.8, 4) is 0 Å². The van der Waals surface area contributed by atoms with Gasteiger partial charge >= 0.3 is 6.09 Å². The Bertz CT molecular complexity index is 690. The number of piperidine rings is 2. The fraction of sp³-hybridized carbons (Fsp3) is 0.708. The number of likely N-dealkylation sites (tertiary alicyclic amines) is 1. The molecule has 29 heavy (non-hydrogen) atoms. The molecule has 0 aliphatic carbocycles. The Labute approximate surface area is 177 Å². The third kappa shape index (κ3) is 5.65. The number of hydrogen-bond donors (Lipinski definition) is 0. The smallest absolute Gasteiger partial charge is 0.410 e. The van der Waals surface area contributed by atoms with Gasteiger partial charge in [-0.05, 0) is 84.2 Å². The van der Waals surface area contributed by atoms with Crippen LogP contribution in [0.25, 0.3) is 0 Å². The number of ether oxygens (including phenoxy) is 1. The summed E-state index contributed by atoms with van der Waals surface area (Å²) in [5.74, 6) is 0.506. The molecule has 1 aromatic rings. The van der Waals surface area contributed by atoms with E-state index in [1.807, 2.05) is 25.7 Å². The lowest BCUT2D eigenvalue weighted by molar-refractivity contribution is 0.00364. The number of benzene rings is 1. The van der Waals surface area contributed by atoms with Crippen LogP contribution < -0.4 is 4.90 Å². The van der Waals surface area contributed by atoms with Gasteiger partial charge in [0.15, 0.2) is 0 Å². The average molecular weight is 402 g/mol. The summed E-state index contributed by atoms with van der Waals surface area (Å²) >= 11 is 0. The van der Waals surface area contributed by atoms with Crippen LogP contribution in [0.5, 0.6) is 0 Å². The molecule has 162 valence electrons. The third-order valence-electron chi connectivity index (χ3n) is 6.26. The number of hydrogen-bond acceptors (Lipinski definition) is 4. The van der Waals surface area contributed by atoms with Crippen LogP contribution >= 0.6 is 0 Å². The molecule has 0 saturated carbocycles. The van der Waals surface area contributed by atoms with Gasteiger partial charge in [0.2, 0.25) is 0 Å². The van der Waals surface area contributed by atoms with Crippen molar-refractivity contribution in [3.05, 3.63) is 29.8 Å². The maximum Gasteiger partial charge on any atom is 0.410 e. The molecule has 2 saturated heterocycles. The van der Waals surface area contributed by atoms with Crippen molar-refractivity contribution in [1.29, 1.82) is 0 Å². The minimum absolute atomic E-state index is 0.0975. The lowest BCUT2D eigenvalue weighted by Crippen LogP contribution is -2.44. The molecule has 2 aliphatic rings. The summed E-state index contributed by atoms with van der Waals surface area (Å²) in [5.41, 5.74) is 2.04. The summed E-state index contributed by atoms with van der Waals surface area (Å²) in [4.78, 5) is 19.7. The first-order chi connectivity index (χ1) is 13.6. The van der Waals surface area contributed by atoms with E-state index < -0.39 is 5.60 Å². The largest absolute Gasteiger partial charge is 0.444 e. The molecule has 0 N–H and O–H groups in total. The zero-order valence-corrected chi connectivity index (χ0v) is 19.1.